The van der Waals surface area contributed by atoms with Crippen molar-refractivity contribution >= 4 is 5.97 Å². The van der Waals surface area contributed by atoms with Crippen LogP contribution in [0.1, 0.15) is 0 Å². The number of hydrogen-bond acceptors (Lipinski definition) is 3. The van der Waals surface area contributed by atoms with Gasteiger partial charge in [0.1, 0.15) is 6.04 Å². The second-order valence-corrected chi connectivity index (χ2v) is 1.13. The van der Waals surface area contributed by atoms with Gasteiger partial charge < -0.3 is 15.9 Å². The maximum atomic E-state index is 9.65. The van der Waals surface area contributed by atoms with Crippen LogP contribution in [-0.2, 0) is 26.5 Å². The van der Waals surface area contributed by atoms with Crippen molar-refractivity contribution in [2.75, 3.05) is 6.61 Å². The van der Waals surface area contributed by atoms with Crippen molar-refractivity contribution in [3.05, 3.63) is 0 Å². The molecule has 0 bridgehead atoms. The zero-order valence-electron chi connectivity index (χ0n) is 4.16. The summed E-state index contributed by atoms with van der Waals surface area (Å²) in [6.45, 7) is -0.505. The zero-order valence-corrected chi connectivity index (χ0v) is 5.73. The Balaban J connectivity index is 0. The Hall–Kier alpha value is 0.104. The van der Waals surface area contributed by atoms with Crippen molar-refractivity contribution in [1.82, 2.24) is 0 Å². The van der Waals surface area contributed by atoms with Crippen molar-refractivity contribution in [1.29, 1.82) is 0 Å². The molecule has 8 heavy (non-hydrogen) atoms. The fraction of sp³-hybridized carbons (Fsp3) is 0.667. The minimum Gasteiger partial charge on any atom is -0.480 e. The topological polar surface area (TPSA) is 83.5 Å². The van der Waals surface area contributed by atoms with Crippen LogP contribution in [0.25, 0.3) is 0 Å². The number of nitrogens with two attached hydrogens (primary N) is 1. The van der Waals surface area contributed by atoms with Crippen LogP contribution in [0.15, 0.2) is 0 Å². The van der Waals surface area contributed by atoms with E-state index in [0.717, 1.165) is 0 Å². The number of carboxylic acid groups (broad SMARTS) is 1. The molecule has 4 nitrogen and oxygen atoms in total. The summed E-state index contributed by atoms with van der Waals surface area (Å²) in [5.74, 6) is -1.18. The molecule has 1 atom stereocenters. The van der Waals surface area contributed by atoms with Crippen molar-refractivity contribution in [3.63, 3.8) is 0 Å². The van der Waals surface area contributed by atoms with Crippen LogP contribution in [0.4, 0.5) is 0 Å². The first kappa shape index (κ1) is 11.0. The molecule has 4 N–H and O–H groups in total. The number of carboxylic acids is 1. The maximum Gasteiger partial charge on any atom is 0.322 e. The Morgan fingerprint density at radius 2 is 2.12 bits per heavy atom. The van der Waals surface area contributed by atoms with Gasteiger partial charge >= 0.3 is 5.97 Å². The van der Waals surface area contributed by atoms with Crippen molar-refractivity contribution in [2.24, 2.45) is 5.73 Å². The predicted octanol–water partition coefficient (Wildman–Crippen LogP) is -1.61. The molecule has 0 radical (unpaired) electrons. The third-order valence-electron chi connectivity index (χ3n) is 0.514. The van der Waals surface area contributed by atoms with Crippen LogP contribution in [0.5, 0.6) is 0 Å². The number of aliphatic hydroxyl groups is 1. The van der Waals surface area contributed by atoms with Gasteiger partial charge in [0.15, 0.2) is 0 Å². The molecule has 0 aliphatic heterocycles. The Bertz CT molecular complexity index is 76.9. The molecule has 0 unspecified atom stereocenters. The first-order valence-corrected chi connectivity index (χ1v) is 1.77. The molecule has 0 aliphatic rings. The summed E-state index contributed by atoms with van der Waals surface area (Å²) >= 11 is 0. The van der Waals surface area contributed by atoms with Crippen LogP contribution < -0.4 is 5.73 Å². The van der Waals surface area contributed by atoms with E-state index in [1.807, 2.05) is 0 Å². The van der Waals surface area contributed by atoms with E-state index in [1.54, 1.807) is 0 Å². The molecule has 0 fully saturated rings. The molecular weight excluding hydrogens is 146 g/mol. The number of rotatable bonds is 2. The van der Waals surface area contributed by atoms with E-state index in [-0.39, 0.29) is 21.7 Å². The Kier molecular flexibility index (Phi) is 7.20. The largest absolute Gasteiger partial charge is 0.480 e. The van der Waals surface area contributed by atoms with E-state index in [1.165, 1.54) is 0 Å². The van der Waals surface area contributed by atoms with Crippen molar-refractivity contribution in [2.45, 2.75) is 6.04 Å². The van der Waals surface area contributed by atoms with Gasteiger partial charge in [-0.25, -0.2) is 0 Å². The molecule has 0 heterocycles. The molecule has 0 aromatic heterocycles. The third kappa shape index (κ3) is 4.27. The van der Waals surface area contributed by atoms with Crippen LogP contribution in [0.2, 0.25) is 0 Å². The van der Waals surface area contributed by atoms with Gasteiger partial charge in [0.25, 0.3) is 0 Å². The molecule has 0 aromatic rings. The summed E-state index contributed by atoms with van der Waals surface area (Å²) in [5.41, 5.74) is 4.77. The van der Waals surface area contributed by atoms with Crippen LogP contribution in [0, 0.1) is 0 Å². The molecule has 0 spiro atoms. The summed E-state index contributed by atoms with van der Waals surface area (Å²) in [5, 5.41) is 15.9. The number of carbonyl (C=O) groups is 1. The van der Waals surface area contributed by atoms with Crippen molar-refractivity contribution in [3.8, 4) is 0 Å². The second kappa shape index (κ2) is 5.25. The van der Waals surface area contributed by atoms with E-state index in [0.29, 0.717) is 0 Å². The summed E-state index contributed by atoms with van der Waals surface area (Å²) in [6.07, 6.45) is 0. The maximum absolute atomic E-state index is 9.65. The molecule has 46 valence electrons. The van der Waals surface area contributed by atoms with E-state index in [9.17, 15) is 4.79 Å². The molecular formula is C3H7NO3Ti. The summed E-state index contributed by atoms with van der Waals surface area (Å²) in [6, 6.07) is -1.13. The van der Waals surface area contributed by atoms with Gasteiger partial charge in [-0.05, 0) is 0 Å². The minimum atomic E-state index is -1.18. The van der Waals surface area contributed by atoms with Gasteiger partial charge in [0.05, 0.1) is 6.61 Å². The van der Waals surface area contributed by atoms with E-state index >= 15 is 0 Å². The summed E-state index contributed by atoms with van der Waals surface area (Å²) in [7, 11) is 0. The Morgan fingerprint density at radius 3 is 2.12 bits per heavy atom. The smallest absolute Gasteiger partial charge is 0.322 e. The number of aliphatic hydroxyl groups excluding tert-OH is 1. The Labute approximate surface area is 61.6 Å². The van der Waals surface area contributed by atoms with Gasteiger partial charge in [-0.3, -0.25) is 4.79 Å². The van der Waals surface area contributed by atoms with E-state index < -0.39 is 18.6 Å². The monoisotopic (exact) mass is 153 g/mol. The molecule has 0 aromatic carbocycles. The van der Waals surface area contributed by atoms with E-state index in [4.69, 9.17) is 15.9 Å². The fourth-order valence-corrected chi connectivity index (χ4v) is 0.0781. The molecule has 0 amide bonds. The first-order chi connectivity index (χ1) is 3.18. The summed E-state index contributed by atoms with van der Waals surface area (Å²) in [4.78, 5) is 9.65. The average molecular weight is 153 g/mol. The standard InChI is InChI=1S/C3H7NO3.Ti/c4-2(1-5)3(6)7;/h2,5H,1,4H2,(H,6,7);/t2-;/m0./s1. The number of aliphatic carboxylic acids is 1. The van der Waals surface area contributed by atoms with Crippen molar-refractivity contribution < 1.29 is 36.7 Å². The average Bonchev–Trinajstić information content (AvgIpc) is 1.65. The predicted molar refractivity (Wildman–Crippen MR) is 22.7 cm³/mol. The molecule has 0 rings (SSSR count). The SMILES string of the molecule is N[C@@H](CO)C(=O)O.[Ti]. The fourth-order valence-electron chi connectivity index (χ4n) is 0.0781. The van der Waals surface area contributed by atoms with Gasteiger partial charge in [-0.1, -0.05) is 0 Å². The second-order valence-electron chi connectivity index (χ2n) is 1.13. The first-order valence-electron chi connectivity index (χ1n) is 1.77. The van der Waals surface area contributed by atoms with Gasteiger partial charge in [0, 0.05) is 21.7 Å². The minimum absolute atomic E-state index is 0. The summed E-state index contributed by atoms with van der Waals surface area (Å²) < 4.78 is 0. The Morgan fingerprint density at radius 1 is 1.75 bits per heavy atom. The molecule has 0 saturated carbocycles. The van der Waals surface area contributed by atoms with Crippen LogP contribution in [-0.4, -0.2) is 28.8 Å². The van der Waals surface area contributed by atoms with Gasteiger partial charge in [-0.2, -0.15) is 0 Å². The quantitative estimate of drug-likeness (QED) is 0.416. The molecule has 0 aliphatic carbocycles. The number of hydrogen-bond donors (Lipinski definition) is 3. The van der Waals surface area contributed by atoms with Crippen LogP contribution >= 0.6 is 0 Å². The normalized spacial score (nSPS) is 11.8. The third-order valence-corrected chi connectivity index (χ3v) is 0.514. The van der Waals surface area contributed by atoms with Gasteiger partial charge in [-0.15, -0.1) is 0 Å². The molecule has 0 saturated heterocycles. The van der Waals surface area contributed by atoms with Gasteiger partial charge in [0.2, 0.25) is 0 Å². The molecule has 5 heteroatoms. The van der Waals surface area contributed by atoms with E-state index in [2.05, 4.69) is 0 Å². The van der Waals surface area contributed by atoms with Crippen LogP contribution in [0.3, 0.4) is 0 Å². The zero-order chi connectivity index (χ0) is 5.86.